The lowest BCUT2D eigenvalue weighted by Crippen LogP contribution is -2.49. The molecule has 21 heavy (non-hydrogen) atoms. The number of carbonyl (C=O) groups is 2. The van der Waals surface area contributed by atoms with Crippen LogP contribution in [0.3, 0.4) is 0 Å². The van der Waals surface area contributed by atoms with Crippen LogP contribution >= 0.6 is 0 Å². The maximum absolute atomic E-state index is 12.2. The van der Waals surface area contributed by atoms with Gasteiger partial charge >= 0.3 is 0 Å². The third kappa shape index (κ3) is 3.45. The number of carbonyl (C=O) groups excluding carboxylic acids is 2. The molecule has 0 spiro atoms. The number of nitrogens with one attached hydrogen (secondary N) is 1. The third-order valence-electron chi connectivity index (χ3n) is 3.16. The van der Waals surface area contributed by atoms with Gasteiger partial charge in [0, 0.05) is 12.6 Å². The smallest absolute Gasteiger partial charge is 0.268 e. The first-order chi connectivity index (χ1) is 9.88. The molecule has 1 aliphatic heterocycles. The Bertz CT molecular complexity index is 557. The van der Waals surface area contributed by atoms with Crippen LogP contribution in [0, 0.1) is 5.92 Å². The Hall–Kier alpha value is -2.24. The van der Waals surface area contributed by atoms with Gasteiger partial charge in [-0.25, -0.2) is 0 Å². The fourth-order valence-electron chi connectivity index (χ4n) is 2.08. The van der Waals surface area contributed by atoms with Crippen molar-refractivity contribution >= 4 is 17.5 Å². The van der Waals surface area contributed by atoms with Gasteiger partial charge in [-0.2, -0.15) is 0 Å². The highest BCUT2D eigenvalue weighted by Crippen LogP contribution is 2.36. The predicted molar refractivity (Wildman–Crippen MR) is 78.4 cm³/mol. The molecular formula is C15H20N2O4. The fraction of sp³-hybridized carbons (Fsp3) is 0.467. The minimum absolute atomic E-state index is 0.0206. The number of rotatable bonds is 4. The molecule has 1 aliphatic rings. The number of phenolic OH excluding ortho intramolecular Hbond substituents is 1. The number of hydrogen-bond donors (Lipinski definition) is 2. The lowest BCUT2D eigenvalue weighted by Gasteiger charge is -2.32. The van der Waals surface area contributed by atoms with E-state index in [9.17, 15) is 14.7 Å². The second-order valence-electron chi connectivity index (χ2n) is 5.53. The highest BCUT2D eigenvalue weighted by Gasteiger charge is 2.32. The topological polar surface area (TPSA) is 78.9 Å². The molecule has 1 atom stereocenters. The van der Waals surface area contributed by atoms with Gasteiger partial charge in [-0.3, -0.25) is 14.5 Å². The van der Waals surface area contributed by atoms with E-state index in [1.54, 1.807) is 13.0 Å². The number of ether oxygens (including phenoxy) is 1. The van der Waals surface area contributed by atoms with Crippen molar-refractivity contribution in [3.63, 3.8) is 0 Å². The molecule has 0 radical (unpaired) electrons. The van der Waals surface area contributed by atoms with E-state index in [0.717, 1.165) is 0 Å². The van der Waals surface area contributed by atoms with Crippen molar-refractivity contribution in [2.75, 3.05) is 18.0 Å². The van der Waals surface area contributed by atoms with Gasteiger partial charge in [0.05, 0.1) is 5.69 Å². The van der Waals surface area contributed by atoms with Crippen LogP contribution in [0.4, 0.5) is 5.69 Å². The lowest BCUT2D eigenvalue weighted by atomic mass is 10.1. The van der Waals surface area contributed by atoms with Crippen LogP contribution in [0.15, 0.2) is 18.2 Å². The van der Waals surface area contributed by atoms with E-state index in [4.69, 9.17) is 4.74 Å². The molecule has 6 heteroatoms. The maximum atomic E-state index is 12.2. The standard InChI is InChI=1S/C15H20N2O4/c1-9(2)7-16-14(19)8-17-12-6-11(18)4-5-13(12)21-10(3)15(17)20/h4-6,9-10,18H,7-8H2,1-3H3,(H,16,19). The number of phenols is 1. The molecule has 2 N–H and O–H groups in total. The first-order valence-electron chi connectivity index (χ1n) is 6.96. The number of anilines is 1. The summed E-state index contributed by atoms with van der Waals surface area (Å²) < 4.78 is 5.48. The van der Waals surface area contributed by atoms with Gasteiger partial charge in [0.1, 0.15) is 18.0 Å². The molecule has 1 aromatic rings. The molecular weight excluding hydrogens is 272 g/mol. The predicted octanol–water partition coefficient (Wildman–Crippen LogP) is 1.28. The minimum Gasteiger partial charge on any atom is -0.508 e. The van der Waals surface area contributed by atoms with Gasteiger partial charge in [-0.15, -0.1) is 0 Å². The molecule has 114 valence electrons. The summed E-state index contributed by atoms with van der Waals surface area (Å²) in [4.78, 5) is 25.5. The zero-order valence-corrected chi connectivity index (χ0v) is 12.4. The van der Waals surface area contributed by atoms with Crippen LogP contribution in [0.1, 0.15) is 20.8 Å². The Balaban J connectivity index is 2.19. The Morgan fingerprint density at radius 2 is 2.19 bits per heavy atom. The second kappa shape index (κ2) is 6.03. The van der Waals surface area contributed by atoms with Crippen molar-refractivity contribution in [3.8, 4) is 11.5 Å². The number of benzene rings is 1. The van der Waals surface area contributed by atoms with Gasteiger partial charge in [0.2, 0.25) is 5.91 Å². The Morgan fingerprint density at radius 1 is 1.48 bits per heavy atom. The Labute approximate surface area is 123 Å². The highest BCUT2D eigenvalue weighted by molar-refractivity contribution is 6.03. The van der Waals surface area contributed by atoms with Crippen molar-refractivity contribution in [1.82, 2.24) is 5.32 Å². The largest absolute Gasteiger partial charge is 0.508 e. The summed E-state index contributed by atoms with van der Waals surface area (Å²) in [5.74, 6) is 0.307. The number of fused-ring (bicyclic) bond motifs is 1. The van der Waals surface area contributed by atoms with Crippen LogP contribution in [0.2, 0.25) is 0 Å². The van der Waals surface area contributed by atoms with Crippen molar-refractivity contribution in [1.29, 1.82) is 0 Å². The Kier molecular flexibility index (Phi) is 4.35. The van der Waals surface area contributed by atoms with E-state index in [-0.39, 0.29) is 24.1 Å². The lowest BCUT2D eigenvalue weighted by molar-refractivity contribution is -0.128. The normalized spacial score (nSPS) is 17.4. The van der Waals surface area contributed by atoms with Crippen molar-refractivity contribution in [2.24, 2.45) is 5.92 Å². The number of aromatic hydroxyl groups is 1. The summed E-state index contributed by atoms with van der Waals surface area (Å²) >= 11 is 0. The molecule has 2 rings (SSSR count). The van der Waals surface area contributed by atoms with Gasteiger partial charge < -0.3 is 15.2 Å². The summed E-state index contributed by atoms with van der Waals surface area (Å²) in [7, 11) is 0. The second-order valence-corrected chi connectivity index (χ2v) is 5.53. The highest BCUT2D eigenvalue weighted by atomic mass is 16.5. The fourth-order valence-corrected chi connectivity index (χ4v) is 2.08. The van der Waals surface area contributed by atoms with Gasteiger partial charge in [-0.1, -0.05) is 13.8 Å². The molecule has 0 saturated heterocycles. The van der Waals surface area contributed by atoms with E-state index in [1.165, 1.54) is 17.0 Å². The van der Waals surface area contributed by atoms with Gasteiger partial charge in [0.15, 0.2) is 6.10 Å². The van der Waals surface area contributed by atoms with E-state index in [2.05, 4.69) is 5.32 Å². The summed E-state index contributed by atoms with van der Waals surface area (Å²) in [5, 5.41) is 12.3. The summed E-state index contributed by atoms with van der Waals surface area (Å²) in [6.07, 6.45) is -0.653. The molecule has 6 nitrogen and oxygen atoms in total. The third-order valence-corrected chi connectivity index (χ3v) is 3.16. The number of hydrogen-bond acceptors (Lipinski definition) is 4. The van der Waals surface area contributed by atoms with E-state index in [0.29, 0.717) is 23.9 Å². The monoisotopic (exact) mass is 292 g/mol. The molecule has 0 aromatic heterocycles. The Morgan fingerprint density at radius 3 is 2.86 bits per heavy atom. The molecule has 1 aromatic carbocycles. The zero-order chi connectivity index (χ0) is 15.6. The molecule has 0 fully saturated rings. The summed E-state index contributed by atoms with van der Waals surface area (Å²) in [6, 6.07) is 4.50. The number of amides is 2. The van der Waals surface area contributed by atoms with Crippen LogP contribution in [-0.4, -0.2) is 36.1 Å². The quantitative estimate of drug-likeness (QED) is 0.876. The average Bonchev–Trinajstić information content (AvgIpc) is 2.42. The number of nitrogens with zero attached hydrogens (tertiary/aromatic N) is 1. The molecule has 2 amide bonds. The minimum atomic E-state index is -0.653. The van der Waals surface area contributed by atoms with Gasteiger partial charge in [0.25, 0.3) is 5.91 Å². The maximum Gasteiger partial charge on any atom is 0.268 e. The van der Waals surface area contributed by atoms with E-state index in [1.807, 2.05) is 13.8 Å². The first kappa shape index (κ1) is 15.2. The van der Waals surface area contributed by atoms with Crippen LogP contribution in [0.25, 0.3) is 0 Å². The van der Waals surface area contributed by atoms with Crippen LogP contribution in [-0.2, 0) is 9.59 Å². The van der Waals surface area contributed by atoms with E-state index >= 15 is 0 Å². The van der Waals surface area contributed by atoms with Crippen LogP contribution < -0.4 is 15.0 Å². The van der Waals surface area contributed by atoms with Crippen molar-refractivity contribution in [2.45, 2.75) is 26.9 Å². The summed E-state index contributed by atoms with van der Waals surface area (Å²) in [6.45, 7) is 6.10. The molecule has 0 saturated carbocycles. The molecule has 0 bridgehead atoms. The van der Waals surface area contributed by atoms with Crippen LogP contribution in [0.5, 0.6) is 11.5 Å². The zero-order valence-electron chi connectivity index (χ0n) is 12.4. The van der Waals surface area contributed by atoms with Gasteiger partial charge in [-0.05, 0) is 25.0 Å². The SMILES string of the molecule is CC(C)CNC(=O)CN1C(=O)C(C)Oc2ccc(O)cc21. The average molecular weight is 292 g/mol. The first-order valence-corrected chi connectivity index (χ1v) is 6.96. The van der Waals surface area contributed by atoms with Crippen molar-refractivity contribution < 1.29 is 19.4 Å². The van der Waals surface area contributed by atoms with E-state index < -0.39 is 6.10 Å². The summed E-state index contributed by atoms with van der Waals surface area (Å²) in [5.41, 5.74) is 0.415. The molecule has 1 unspecified atom stereocenters. The van der Waals surface area contributed by atoms with Crippen molar-refractivity contribution in [3.05, 3.63) is 18.2 Å². The molecule has 1 heterocycles. The molecule has 0 aliphatic carbocycles.